The zero-order chi connectivity index (χ0) is 15.5. The first-order valence-electron chi connectivity index (χ1n) is 7.51. The van der Waals surface area contributed by atoms with Crippen LogP contribution in [0.2, 0.25) is 0 Å². The number of benzene rings is 2. The quantitative estimate of drug-likeness (QED) is 0.879. The molecule has 1 atom stereocenters. The fraction of sp³-hybridized carbons (Fsp3) is 0.368. The Morgan fingerprint density at radius 2 is 1.71 bits per heavy atom. The molecule has 1 unspecified atom stereocenters. The minimum atomic E-state index is -0.562. The average Bonchev–Trinajstić information content (AvgIpc) is 2.46. The highest BCUT2D eigenvalue weighted by molar-refractivity contribution is 5.44. The fourth-order valence-corrected chi connectivity index (χ4v) is 3.05. The summed E-state index contributed by atoms with van der Waals surface area (Å²) in [6.45, 7) is 8.44. The first-order chi connectivity index (χ1) is 9.99. The van der Waals surface area contributed by atoms with E-state index in [-0.39, 0.29) is 12.6 Å². The molecule has 2 N–H and O–H groups in total. The van der Waals surface area contributed by atoms with Crippen molar-refractivity contribution >= 4 is 0 Å². The van der Waals surface area contributed by atoms with Gasteiger partial charge in [-0.1, -0.05) is 54.1 Å². The van der Waals surface area contributed by atoms with Crippen molar-refractivity contribution in [3.8, 4) is 0 Å². The second-order valence-corrected chi connectivity index (χ2v) is 6.05. The Morgan fingerprint density at radius 3 is 2.24 bits per heavy atom. The monoisotopic (exact) mass is 283 g/mol. The Bertz CT molecular complexity index is 592. The molecule has 0 fully saturated rings. The van der Waals surface area contributed by atoms with Gasteiger partial charge >= 0.3 is 0 Å². The molecule has 0 aromatic heterocycles. The van der Waals surface area contributed by atoms with Gasteiger partial charge in [0.1, 0.15) is 0 Å². The summed E-state index contributed by atoms with van der Waals surface area (Å²) in [4.78, 5) is 0. The average molecular weight is 283 g/mol. The van der Waals surface area contributed by atoms with Gasteiger partial charge in [0.15, 0.2) is 0 Å². The lowest BCUT2D eigenvalue weighted by Gasteiger charge is -2.37. The largest absolute Gasteiger partial charge is 0.394 e. The molecule has 0 amide bonds. The van der Waals surface area contributed by atoms with Crippen molar-refractivity contribution in [2.75, 3.05) is 6.61 Å². The number of aliphatic hydroxyl groups is 1. The van der Waals surface area contributed by atoms with Gasteiger partial charge in [0, 0.05) is 6.04 Å². The fourth-order valence-electron chi connectivity index (χ4n) is 3.05. The molecule has 112 valence electrons. The summed E-state index contributed by atoms with van der Waals surface area (Å²) in [5.41, 5.74) is 4.10. The van der Waals surface area contributed by atoms with E-state index in [0.29, 0.717) is 0 Å². The molecular formula is C19H25NO. The van der Waals surface area contributed by atoms with E-state index in [0.717, 1.165) is 11.1 Å². The van der Waals surface area contributed by atoms with E-state index < -0.39 is 5.54 Å². The normalized spacial score (nSPS) is 14.2. The first kappa shape index (κ1) is 15.7. The SMILES string of the molecule is Cc1ccc(C(CO)(NC(C)C)c2ccccc2)c(C)c1. The maximum absolute atomic E-state index is 10.3. The van der Waals surface area contributed by atoms with Crippen LogP contribution in [0.5, 0.6) is 0 Å². The topological polar surface area (TPSA) is 32.3 Å². The van der Waals surface area contributed by atoms with Gasteiger partial charge in [-0.25, -0.2) is 0 Å². The third-order valence-electron chi connectivity index (χ3n) is 3.88. The second kappa shape index (κ2) is 6.42. The molecule has 0 bridgehead atoms. The Balaban J connectivity index is 2.65. The van der Waals surface area contributed by atoms with Crippen LogP contribution in [0.1, 0.15) is 36.1 Å². The van der Waals surface area contributed by atoms with E-state index in [1.807, 2.05) is 18.2 Å². The van der Waals surface area contributed by atoms with Gasteiger partial charge in [0.2, 0.25) is 0 Å². The van der Waals surface area contributed by atoms with Crippen LogP contribution in [-0.4, -0.2) is 17.8 Å². The Morgan fingerprint density at radius 1 is 1.05 bits per heavy atom. The Hall–Kier alpha value is -1.64. The highest BCUT2D eigenvalue weighted by Gasteiger charge is 2.35. The van der Waals surface area contributed by atoms with Crippen LogP contribution < -0.4 is 5.32 Å². The molecule has 0 radical (unpaired) electrons. The molecule has 0 heterocycles. The van der Waals surface area contributed by atoms with E-state index in [1.54, 1.807) is 0 Å². The summed E-state index contributed by atoms with van der Waals surface area (Å²) < 4.78 is 0. The van der Waals surface area contributed by atoms with Crippen molar-refractivity contribution < 1.29 is 5.11 Å². The zero-order valence-corrected chi connectivity index (χ0v) is 13.4. The van der Waals surface area contributed by atoms with E-state index in [9.17, 15) is 5.11 Å². The number of aliphatic hydroxyl groups excluding tert-OH is 1. The predicted octanol–water partition coefficient (Wildman–Crippen LogP) is 3.54. The van der Waals surface area contributed by atoms with Crippen LogP contribution in [0.3, 0.4) is 0 Å². The molecule has 0 aliphatic heterocycles. The molecule has 0 saturated carbocycles. The maximum atomic E-state index is 10.3. The van der Waals surface area contributed by atoms with Crippen molar-refractivity contribution in [1.29, 1.82) is 0 Å². The van der Waals surface area contributed by atoms with Crippen LogP contribution in [0, 0.1) is 13.8 Å². The molecular weight excluding hydrogens is 258 g/mol. The van der Waals surface area contributed by atoms with Crippen molar-refractivity contribution in [3.05, 3.63) is 70.8 Å². The van der Waals surface area contributed by atoms with Crippen molar-refractivity contribution in [3.63, 3.8) is 0 Å². The van der Waals surface area contributed by atoms with Crippen LogP contribution in [0.15, 0.2) is 48.5 Å². The molecule has 2 heteroatoms. The first-order valence-corrected chi connectivity index (χ1v) is 7.51. The summed E-state index contributed by atoms with van der Waals surface area (Å²) in [6.07, 6.45) is 0. The minimum Gasteiger partial charge on any atom is -0.394 e. The molecule has 21 heavy (non-hydrogen) atoms. The van der Waals surface area contributed by atoms with E-state index >= 15 is 0 Å². The minimum absolute atomic E-state index is 0.0269. The van der Waals surface area contributed by atoms with Gasteiger partial charge < -0.3 is 5.11 Å². The number of hydrogen-bond acceptors (Lipinski definition) is 2. The van der Waals surface area contributed by atoms with Crippen molar-refractivity contribution in [2.45, 2.75) is 39.3 Å². The van der Waals surface area contributed by atoms with E-state index in [2.05, 4.69) is 63.3 Å². The van der Waals surface area contributed by atoms with E-state index in [1.165, 1.54) is 11.1 Å². The maximum Gasteiger partial charge on any atom is 0.0929 e. The number of hydrogen-bond donors (Lipinski definition) is 2. The molecule has 2 nitrogen and oxygen atoms in total. The predicted molar refractivity (Wildman–Crippen MR) is 88.5 cm³/mol. The number of nitrogens with one attached hydrogen (secondary N) is 1. The summed E-state index contributed by atoms with van der Waals surface area (Å²) in [5, 5.41) is 13.8. The Kier molecular flexibility index (Phi) is 4.81. The molecule has 2 rings (SSSR count). The lowest BCUT2D eigenvalue weighted by Crippen LogP contribution is -2.50. The molecule has 2 aromatic rings. The third-order valence-corrected chi connectivity index (χ3v) is 3.88. The molecule has 0 aliphatic carbocycles. The lowest BCUT2D eigenvalue weighted by molar-refractivity contribution is 0.181. The Labute approximate surface area is 127 Å². The van der Waals surface area contributed by atoms with Crippen LogP contribution in [0.25, 0.3) is 0 Å². The molecule has 0 aliphatic rings. The molecule has 0 spiro atoms. The zero-order valence-electron chi connectivity index (χ0n) is 13.4. The third kappa shape index (κ3) is 3.17. The van der Waals surface area contributed by atoms with Crippen molar-refractivity contribution in [2.24, 2.45) is 0 Å². The van der Waals surface area contributed by atoms with Crippen LogP contribution in [-0.2, 0) is 5.54 Å². The van der Waals surface area contributed by atoms with Crippen LogP contribution >= 0.6 is 0 Å². The van der Waals surface area contributed by atoms with Gasteiger partial charge in [-0.05, 0) is 44.4 Å². The van der Waals surface area contributed by atoms with E-state index in [4.69, 9.17) is 0 Å². The standard InChI is InChI=1S/C19H25NO/c1-14(2)20-19(13-21,17-8-6-5-7-9-17)18-11-10-15(3)12-16(18)4/h5-12,14,20-21H,13H2,1-4H3. The molecule has 2 aromatic carbocycles. The van der Waals surface area contributed by atoms with Crippen LogP contribution in [0.4, 0.5) is 0 Å². The van der Waals surface area contributed by atoms with Gasteiger partial charge in [-0.2, -0.15) is 0 Å². The van der Waals surface area contributed by atoms with Gasteiger partial charge in [0.25, 0.3) is 0 Å². The highest BCUT2D eigenvalue weighted by Crippen LogP contribution is 2.32. The number of aryl methyl sites for hydroxylation is 2. The summed E-state index contributed by atoms with van der Waals surface area (Å²) in [7, 11) is 0. The van der Waals surface area contributed by atoms with Crippen molar-refractivity contribution in [1.82, 2.24) is 5.32 Å². The second-order valence-electron chi connectivity index (χ2n) is 6.05. The van der Waals surface area contributed by atoms with Gasteiger partial charge in [0.05, 0.1) is 12.1 Å². The molecule has 0 saturated heterocycles. The highest BCUT2D eigenvalue weighted by atomic mass is 16.3. The smallest absolute Gasteiger partial charge is 0.0929 e. The van der Waals surface area contributed by atoms with Gasteiger partial charge in [-0.15, -0.1) is 0 Å². The summed E-state index contributed by atoms with van der Waals surface area (Å²) >= 11 is 0. The summed E-state index contributed by atoms with van der Waals surface area (Å²) in [5.74, 6) is 0. The lowest BCUT2D eigenvalue weighted by atomic mass is 9.80. The number of rotatable bonds is 5. The van der Waals surface area contributed by atoms with Gasteiger partial charge in [-0.3, -0.25) is 5.32 Å². The summed E-state index contributed by atoms with van der Waals surface area (Å²) in [6, 6.07) is 16.9.